The fourth-order valence-electron chi connectivity index (χ4n) is 3.35. The van der Waals surface area contributed by atoms with E-state index in [0.29, 0.717) is 24.1 Å². The molecule has 0 saturated carbocycles. The zero-order chi connectivity index (χ0) is 29.5. The molecule has 0 spiro atoms. The van der Waals surface area contributed by atoms with Crippen LogP contribution in [-0.2, 0) is 11.9 Å². The van der Waals surface area contributed by atoms with Crippen molar-refractivity contribution in [2.24, 2.45) is 5.92 Å². The lowest BCUT2D eigenvalue weighted by Gasteiger charge is -2.30. The first-order chi connectivity index (χ1) is 18.2. The third kappa shape index (κ3) is 8.51. The van der Waals surface area contributed by atoms with Gasteiger partial charge in [-0.05, 0) is 37.5 Å². The number of nitro groups is 1. The number of alkyl halides is 3. The topological polar surface area (TPSA) is 107 Å². The van der Waals surface area contributed by atoms with Gasteiger partial charge in [0, 0.05) is 18.3 Å². The predicted molar refractivity (Wildman–Crippen MR) is 149 cm³/mol. The number of carbonyl (C=O) groups is 1. The average Bonchev–Trinajstić information content (AvgIpc) is 3.24. The molecule has 8 nitrogen and oxygen atoms in total. The van der Waals surface area contributed by atoms with Crippen LogP contribution in [0.5, 0.6) is 0 Å². The van der Waals surface area contributed by atoms with Crippen LogP contribution in [0.15, 0.2) is 48.7 Å². The number of hydrogen-bond acceptors (Lipinski definition) is 6. The molecular weight excluding hydrogens is 578 g/mol. The van der Waals surface area contributed by atoms with Crippen LogP contribution in [0.25, 0.3) is 5.69 Å². The fraction of sp³-hybridized carbons (Fsp3) is 0.360. The van der Waals surface area contributed by atoms with E-state index in [0.717, 1.165) is 23.2 Å². The van der Waals surface area contributed by atoms with Gasteiger partial charge in [-0.2, -0.15) is 18.3 Å². The molecule has 1 unspecified atom stereocenters. The van der Waals surface area contributed by atoms with Crippen LogP contribution in [-0.4, -0.2) is 37.4 Å². The normalized spacial score (nSPS) is 12.1. The molecule has 0 aliphatic carbocycles. The largest absolute Gasteiger partial charge is 0.416 e. The molecule has 2 aromatic carbocycles. The highest BCUT2D eigenvalue weighted by molar-refractivity contribution is 8.12. The van der Waals surface area contributed by atoms with Crippen LogP contribution in [0.2, 0.25) is 10.0 Å². The van der Waals surface area contributed by atoms with Crippen LogP contribution in [0.4, 0.5) is 29.5 Å². The number of rotatable bonds is 7. The van der Waals surface area contributed by atoms with Gasteiger partial charge in [-0.1, -0.05) is 79.1 Å². The predicted octanol–water partition coefficient (Wildman–Crippen LogP) is 8.09. The molecule has 1 aromatic heterocycles. The maximum Gasteiger partial charge on any atom is 0.416 e. The first-order valence-electron chi connectivity index (χ1n) is 11.7. The summed E-state index contributed by atoms with van der Waals surface area (Å²) in [6.07, 6.45) is -3.78. The number of halogens is 5. The van der Waals surface area contributed by atoms with Crippen LogP contribution in [0.3, 0.4) is 0 Å². The van der Waals surface area contributed by atoms with Gasteiger partial charge in [-0.15, -0.1) is 0 Å². The molecule has 2 N–H and O–H groups in total. The zero-order valence-corrected chi connectivity index (χ0v) is 23.9. The third-order valence-electron chi connectivity index (χ3n) is 5.78. The smallest absolute Gasteiger partial charge is 0.378 e. The molecule has 0 aliphatic heterocycles. The summed E-state index contributed by atoms with van der Waals surface area (Å²) in [5.74, 6) is 0.843. The van der Waals surface area contributed by atoms with E-state index < -0.39 is 28.2 Å². The van der Waals surface area contributed by atoms with Gasteiger partial charge in [0.05, 0.1) is 20.5 Å². The van der Waals surface area contributed by atoms with Crippen molar-refractivity contribution in [3.63, 3.8) is 0 Å². The molecule has 1 amide bonds. The molecule has 0 bridgehead atoms. The second-order valence-electron chi connectivity index (χ2n) is 8.68. The zero-order valence-electron chi connectivity index (χ0n) is 21.6. The second-order valence-corrected chi connectivity index (χ2v) is 10.4. The SMILES string of the molecule is CCN(C(=O)SCc1ccccc1)C(C)C(C)C.Nc1c([N+](=O)[O-])cnn1-c1c(Cl)cc(C(F)(F)F)cc1Cl. The summed E-state index contributed by atoms with van der Waals surface area (Å²) in [5, 5.41) is 13.7. The molecule has 0 fully saturated rings. The lowest BCUT2D eigenvalue weighted by molar-refractivity contribution is -0.383. The van der Waals surface area contributed by atoms with Gasteiger partial charge in [-0.25, -0.2) is 4.68 Å². The van der Waals surface area contributed by atoms with E-state index in [1.54, 1.807) is 0 Å². The molecule has 212 valence electrons. The van der Waals surface area contributed by atoms with Crippen molar-refractivity contribution in [1.29, 1.82) is 0 Å². The number of aromatic nitrogens is 2. The molecular formula is C25H28Cl2F3N5O3S. The number of amides is 1. The Labute approximate surface area is 238 Å². The Kier molecular flexibility index (Phi) is 11.5. The van der Waals surface area contributed by atoms with Crippen molar-refractivity contribution in [1.82, 2.24) is 14.7 Å². The molecule has 0 saturated heterocycles. The molecule has 0 aliphatic rings. The van der Waals surface area contributed by atoms with Gasteiger partial charge in [0.15, 0.2) is 0 Å². The molecule has 14 heteroatoms. The number of thioether (sulfide) groups is 1. The van der Waals surface area contributed by atoms with Gasteiger partial charge >= 0.3 is 11.9 Å². The van der Waals surface area contributed by atoms with Gasteiger partial charge in [0.25, 0.3) is 5.24 Å². The van der Waals surface area contributed by atoms with E-state index >= 15 is 0 Å². The summed E-state index contributed by atoms with van der Waals surface area (Å²) in [7, 11) is 0. The number of carbonyl (C=O) groups excluding carboxylic acids is 1. The number of nitrogens with zero attached hydrogens (tertiary/aromatic N) is 4. The number of benzene rings is 2. The fourth-order valence-corrected chi connectivity index (χ4v) is 4.94. The average molecular weight is 606 g/mol. The molecule has 1 heterocycles. The summed E-state index contributed by atoms with van der Waals surface area (Å²) < 4.78 is 38.7. The lowest BCUT2D eigenvalue weighted by Crippen LogP contribution is -2.39. The van der Waals surface area contributed by atoms with Crippen LogP contribution < -0.4 is 5.73 Å². The Morgan fingerprint density at radius 3 is 2.18 bits per heavy atom. The summed E-state index contributed by atoms with van der Waals surface area (Å²) in [5.41, 5.74) is 4.98. The summed E-state index contributed by atoms with van der Waals surface area (Å²) in [6, 6.07) is 11.7. The minimum atomic E-state index is -4.63. The molecule has 1 atom stereocenters. The summed E-state index contributed by atoms with van der Waals surface area (Å²) in [4.78, 5) is 24.0. The standard InChI is InChI=1S/C15H23NOS.C10H5Cl2F3N4O2/c1-5-16(13(4)12(2)3)15(17)18-11-14-9-7-6-8-10-14;11-5-1-4(10(13,14)15)2-6(12)8(5)18-9(16)7(3-17-18)19(20)21/h6-10,12-13H,5,11H2,1-4H3;1-3H,16H2. The maximum absolute atomic E-state index is 12.6. The maximum atomic E-state index is 12.6. The number of nitrogens with two attached hydrogens (primary N) is 1. The quantitative estimate of drug-likeness (QED) is 0.215. The van der Waals surface area contributed by atoms with Gasteiger partial charge in [0.1, 0.15) is 11.9 Å². The Balaban J connectivity index is 0.000000277. The van der Waals surface area contributed by atoms with Crippen molar-refractivity contribution in [3.8, 4) is 5.69 Å². The Morgan fingerprint density at radius 1 is 1.18 bits per heavy atom. The van der Waals surface area contributed by atoms with Crippen molar-refractivity contribution >= 4 is 51.7 Å². The van der Waals surface area contributed by atoms with Crippen molar-refractivity contribution < 1.29 is 22.9 Å². The Morgan fingerprint density at radius 2 is 1.74 bits per heavy atom. The van der Waals surface area contributed by atoms with E-state index in [4.69, 9.17) is 28.9 Å². The minimum Gasteiger partial charge on any atom is -0.378 e. The minimum absolute atomic E-state index is 0.170. The summed E-state index contributed by atoms with van der Waals surface area (Å²) in [6.45, 7) is 9.25. The van der Waals surface area contributed by atoms with E-state index in [1.165, 1.54) is 17.3 Å². The third-order valence-corrected chi connectivity index (χ3v) is 7.31. The second kappa shape index (κ2) is 13.9. The van der Waals surface area contributed by atoms with E-state index in [-0.39, 0.29) is 21.0 Å². The highest BCUT2D eigenvalue weighted by atomic mass is 35.5. The summed E-state index contributed by atoms with van der Waals surface area (Å²) >= 11 is 12.9. The van der Waals surface area contributed by atoms with E-state index in [1.807, 2.05) is 30.0 Å². The highest BCUT2D eigenvalue weighted by Gasteiger charge is 2.33. The van der Waals surface area contributed by atoms with Crippen LogP contribution in [0.1, 0.15) is 38.8 Å². The Hall–Kier alpha value is -2.96. The monoisotopic (exact) mass is 605 g/mol. The Bertz CT molecular complexity index is 1270. The molecule has 0 radical (unpaired) electrons. The van der Waals surface area contributed by atoms with Gasteiger partial charge < -0.3 is 10.6 Å². The van der Waals surface area contributed by atoms with Crippen molar-refractivity contribution in [2.45, 2.75) is 45.7 Å². The van der Waals surface area contributed by atoms with Gasteiger partial charge in [-0.3, -0.25) is 14.9 Å². The van der Waals surface area contributed by atoms with Crippen molar-refractivity contribution in [3.05, 3.63) is 79.9 Å². The number of nitrogen functional groups attached to an aromatic ring is 1. The first kappa shape index (κ1) is 32.3. The molecule has 3 aromatic rings. The van der Waals surface area contributed by atoms with Crippen LogP contribution >= 0.6 is 35.0 Å². The van der Waals surface area contributed by atoms with E-state index in [2.05, 4.69) is 38.0 Å². The van der Waals surface area contributed by atoms with Crippen molar-refractivity contribution in [2.75, 3.05) is 12.3 Å². The van der Waals surface area contributed by atoms with E-state index in [9.17, 15) is 28.1 Å². The number of hydrogen-bond donors (Lipinski definition) is 1. The number of anilines is 1. The molecule has 39 heavy (non-hydrogen) atoms. The highest BCUT2D eigenvalue weighted by Crippen LogP contribution is 2.39. The first-order valence-corrected chi connectivity index (χ1v) is 13.4. The lowest BCUT2D eigenvalue weighted by atomic mass is 10.1. The van der Waals surface area contributed by atoms with Crippen LogP contribution in [0, 0.1) is 16.0 Å². The molecule has 3 rings (SSSR count). The van der Waals surface area contributed by atoms with Gasteiger partial charge in [0.2, 0.25) is 5.82 Å².